The molecule has 2 aromatic carbocycles. The molecule has 3 aromatic rings. The first-order valence-electron chi connectivity index (χ1n) is 8.87. The highest BCUT2D eigenvalue weighted by molar-refractivity contribution is 7.21. The molecule has 0 saturated heterocycles. The minimum Gasteiger partial charge on any atom is -0.497 e. The number of rotatable bonds is 8. The number of carbonyl (C=O) groups is 2. The van der Waals surface area contributed by atoms with Crippen molar-refractivity contribution >= 4 is 39.0 Å². The van der Waals surface area contributed by atoms with E-state index in [1.165, 1.54) is 11.3 Å². The minimum absolute atomic E-state index is 0.0542. The molecule has 28 heavy (non-hydrogen) atoms. The third-order valence-electron chi connectivity index (χ3n) is 4.07. The lowest BCUT2D eigenvalue weighted by Crippen LogP contribution is -2.12. The molecule has 0 radical (unpaired) electrons. The van der Waals surface area contributed by atoms with Crippen molar-refractivity contribution < 1.29 is 24.2 Å². The first kappa shape index (κ1) is 19.7. The Morgan fingerprint density at radius 1 is 1.14 bits per heavy atom. The van der Waals surface area contributed by atoms with Crippen LogP contribution in [0.2, 0.25) is 0 Å². The van der Waals surface area contributed by atoms with E-state index in [1.807, 2.05) is 25.1 Å². The fraction of sp³-hybridized carbons (Fsp3) is 0.238. The number of hydrogen-bond donors (Lipinski definition) is 2. The molecule has 0 bridgehead atoms. The summed E-state index contributed by atoms with van der Waals surface area (Å²) in [5, 5.41) is 12.6. The Kier molecular flexibility index (Phi) is 6.16. The van der Waals surface area contributed by atoms with Crippen LogP contribution in [0.5, 0.6) is 11.5 Å². The average molecular weight is 399 g/mol. The Morgan fingerprint density at radius 3 is 2.54 bits per heavy atom. The predicted molar refractivity (Wildman–Crippen MR) is 110 cm³/mol. The van der Waals surface area contributed by atoms with E-state index < -0.39 is 5.97 Å². The van der Waals surface area contributed by atoms with Gasteiger partial charge in [-0.15, -0.1) is 11.3 Å². The molecule has 1 amide bonds. The largest absolute Gasteiger partial charge is 0.497 e. The second-order valence-electron chi connectivity index (χ2n) is 6.19. The van der Waals surface area contributed by atoms with E-state index in [4.69, 9.17) is 14.6 Å². The first-order chi connectivity index (χ1) is 13.5. The molecule has 0 fully saturated rings. The fourth-order valence-corrected chi connectivity index (χ4v) is 3.77. The van der Waals surface area contributed by atoms with Crippen molar-refractivity contribution in [3.05, 3.63) is 52.9 Å². The molecule has 146 valence electrons. The quantitative estimate of drug-likeness (QED) is 0.579. The number of methoxy groups -OCH3 is 1. The Hall–Kier alpha value is -3.06. The van der Waals surface area contributed by atoms with Gasteiger partial charge in [-0.3, -0.25) is 9.59 Å². The zero-order valence-electron chi connectivity index (χ0n) is 15.7. The van der Waals surface area contributed by atoms with Gasteiger partial charge in [0.15, 0.2) is 5.75 Å². The number of aliphatic carboxylic acids is 1. The normalized spacial score (nSPS) is 10.6. The Balaban J connectivity index is 1.88. The summed E-state index contributed by atoms with van der Waals surface area (Å²) in [4.78, 5) is 24.2. The predicted octanol–water partition coefficient (Wildman–Crippen LogP) is 4.58. The van der Waals surface area contributed by atoms with Crippen LogP contribution in [-0.4, -0.2) is 30.7 Å². The number of carbonyl (C=O) groups excluding carboxylic acids is 1. The van der Waals surface area contributed by atoms with Crippen LogP contribution >= 0.6 is 11.3 Å². The maximum absolute atomic E-state index is 12.9. The highest BCUT2D eigenvalue weighted by atomic mass is 32.1. The van der Waals surface area contributed by atoms with Gasteiger partial charge in [-0.25, -0.2) is 0 Å². The smallest absolute Gasteiger partial charge is 0.307 e. The van der Waals surface area contributed by atoms with Crippen LogP contribution in [0.15, 0.2) is 42.5 Å². The number of fused-ring (bicyclic) bond motifs is 1. The van der Waals surface area contributed by atoms with Crippen molar-refractivity contribution in [2.45, 2.75) is 19.8 Å². The number of carboxylic acids is 1. The van der Waals surface area contributed by atoms with Gasteiger partial charge < -0.3 is 19.9 Å². The zero-order valence-corrected chi connectivity index (χ0v) is 16.5. The molecule has 2 N–H and O–H groups in total. The van der Waals surface area contributed by atoms with Crippen molar-refractivity contribution in [2.24, 2.45) is 0 Å². The first-order valence-corrected chi connectivity index (χ1v) is 9.69. The SMILES string of the molecule is CCCOc1c(C(=O)Nc2ccc(CC(=O)O)cc2)sc2ccc(OC)cc12. The van der Waals surface area contributed by atoms with Gasteiger partial charge in [0.25, 0.3) is 5.91 Å². The van der Waals surface area contributed by atoms with E-state index in [0.717, 1.165) is 16.5 Å². The highest BCUT2D eigenvalue weighted by Crippen LogP contribution is 2.40. The Labute approximate surface area is 166 Å². The standard InChI is InChI=1S/C21H21NO5S/c1-3-10-27-19-16-12-15(26-2)8-9-17(16)28-20(19)21(25)22-14-6-4-13(5-7-14)11-18(23)24/h4-9,12H,3,10-11H2,1-2H3,(H,22,25)(H,23,24). The van der Waals surface area contributed by atoms with Crippen LogP contribution in [-0.2, 0) is 11.2 Å². The summed E-state index contributed by atoms with van der Waals surface area (Å²) in [6, 6.07) is 12.4. The molecular weight excluding hydrogens is 378 g/mol. The number of anilines is 1. The van der Waals surface area contributed by atoms with E-state index in [2.05, 4.69) is 5.32 Å². The second-order valence-corrected chi connectivity index (χ2v) is 7.24. The molecule has 0 saturated carbocycles. The summed E-state index contributed by atoms with van der Waals surface area (Å²) < 4.78 is 12.1. The number of hydrogen-bond acceptors (Lipinski definition) is 5. The zero-order chi connectivity index (χ0) is 20.1. The molecule has 0 aliphatic heterocycles. The van der Waals surface area contributed by atoms with Gasteiger partial charge in [-0.1, -0.05) is 19.1 Å². The molecule has 0 unspecified atom stereocenters. The molecule has 0 aliphatic rings. The van der Waals surface area contributed by atoms with Crippen LogP contribution in [0.1, 0.15) is 28.6 Å². The number of amides is 1. The van der Waals surface area contributed by atoms with Crippen molar-refractivity contribution in [1.82, 2.24) is 0 Å². The Morgan fingerprint density at radius 2 is 1.89 bits per heavy atom. The van der Waals surface area contributed by atoms with E-state index in [-0.39, 0.29) is 12.3 Å². The minimum atomic E-state index is -0.893. The number of ether oxygens (including phenoxy) is 2. The summed E-state index contributed by atoms with van der Waals surface area (Å²) in [7, 11) is 1.60. The van der Waals surface area contributed by atoms with Gasteiger partial charge in [0, 0.05) is 15.8 Å². The molecule has 1 aromatic heterocycles. The highest BCUT2D eigenvalue weighted by Gasteiger charge is 2.20. The third-order valence-corrected chi connectivity index (χ3v) is 5.22. The molecular formula is C21H21NO5S. The van der Waals surface area contributed by atoms with Crippen LogP contribution in [0, 0.1) is 0 Å². The van der Waals surface area contributed by atoms with Gasteiger partial charge in [0.05, 0.1) is 20.1 Å². The third kappa shape index (κ3) is 4.43. The fourth-order valence-electron chi connectivity index (χ4n) is 2.75. The molecule has 6 nitrogen and oxygen atoms in total. The van der Waals surface area contributed by atoms with Gasteiger partial charge in [-0.2, -0.15) is 0 Å². The topological polar surface area (TPSA) is 84.9 Å². The van der Waals surface area contributed by atoms with Gasteiger partial charge >= 0.3 is 5.97 Å². The van der Waals surface area contributed by atoms with Crippen molar-refractivity contribution in [3.63, 3.8) is 0 Å². The lowest BCUT2D eigenvalue weighted by molar-refractivity contribution is -0.136. The number of thiophene rings is 1. The maximum atomic E-state index is 12.9. The summed E-state index contributed by atoms with van der Waals surface area (Å²) in [6.07, 6.45) is 0.773. The molecule has 1 heterocycles. The van der Waals surface area contributed by atoms with E-state index >= 15 is 0 Å². The van der Waals surface area contributed by atoms with Gasteiger partial charge in [0.2, 0.25) is 0 Å². The molecule has 0 aliphatic carbocycles. The molecule has 3 rings (SSSR count). The van der Waals surface area contributed by atoms with Crippen LogP contribution in [0.4, 0.5) is 5.69 Å². The van der Waals surface area contributed by atoms with Crippen molar-refractivity contribution in [3.8, 4) is 11.5 Å². The monoisotopic (exact) mass is 399 g/mol. The van der Waals surface area contributed by atoms with Crippen LogP contribution in [0.25, 0.3) is 10.1 Å². The summed E-state index contributed by atoms with van der Waals surface area (Å²) in [6.45, 7) is 2.51. The van der Waals surface area contributed by atoms with E-state index in [9.17, 15) is 9.59 Å². The van der Waals surface area contributed by atoms with Crippen LogP contribution < -0.4 is 14.8 Å². The van der Waals surface area contributed by atoms with Gasteiger partial charge in [-0.05, 0) is 42.3 Å². The van der Waals surface area contributed by atoms with E-state index in [1.54, 1.807) is 31.4 Å². The molecule has 0 spiro atoms. The maximum Gasteiger partial charge on any atom is 0.307 e. The van der Waals surface area contributed by atoms with Gasteiger partial charge in [0.1, 0.15) is 10.6 Å². The van der Waals surface area contributed by atoms with Crippen molar-refractivity contribution in [2.75, 3.05) is 19.0 Å². The van der Waals surface area contributed by atoms with Crippen molar-refractivity contribution in [1.29, 1.82) is 0 Å². The summed E-state index contributed by atoms with van der Waals surface area (Å²) in [5.74, 6) is 0.0980. The lowest BCUT2D eigenvalue weighted by atomic mass is 10.1. The summed E-state index contributed by atoms with van der Waals surface area (Å²) >= 11 is 1.36. The number of nitrogens with one attached hydrogen (secondary N) is 1. The molecule has 7 heteroatoms. The Bertz CT molecular complexity index is 994. The lowest BCUT2D eigenvalue weighted by Gasteiger charge is -2.09. The average Bonchev–Trinajstić information content (AvgIpc) is 3.05. The second kappa shape index (κ2) is 8.75. The molecule has 0 atom stereocenters. The van der Waals surface area contributed by atoms with Crippen LogP contribution in [0.3, 0.4) is 0 Å². The number of benzene rings is 2. The van der Waals surface area contributed by atoms with E-state index in [0.29, 0.717) is 34.2 Å². The number of carboxylic acid groups (broad SMARTS) is 1. The summed E-state index contributed by atoms with van der Waals surface area (Å²) in [5.41, 5.74) is 1.27.